The Morgan fingerprint density at radius 3 is 2.32 bits per heavy atom. The Balaban J connectivity index is 1.64. The largest absolute Gasteiger partial charge is 0.335 e. The molecule has 1 aliphatic carbocycles. The van der Waals surface area contributed by atoms with Crippen molar-refractivity contribution in [1.82, 2.24) is 10.6 Å². The lowest BCUT2D eigenvalue weighted by molar-refractivity contribution is -0.676. The van der Waals surface area contributed by atoms with Gasteiger partial charge in [0.15, 0.2) is 6.54 Å². The maximum Gasteiger partial charge on any atom is 0.321 e. The van der Waals surface area contributed by atoms with Gasteiger partial charge in [0.2, 0.25) is 0 Å². The molecule has 1 atom stereocenters. The first kappa shape index (κ1) is 17.2. The Morgan fingerprint density at radius 1 is 1.04 bits per heavy atom. The fourth-order valence-electron chi connectivity index (χ4n) is 2.75. The molecular formula is C20H24N3O2+. The van der Waals surface area contributed by atoms with Crippen molar-refractivity contribution in [3.8, 4) is 0 Å². The van der Waals surface area contributed by atoms with Crippen LogP contribution in [0.15, 0.2) is 54.6 Å². The molecule has 0 aromatic heterocycles. The van der Waals surface area contributed by atoms with Gasteiger partial charge >= 0.3 is 6.03 Å². The van der Waals surface area contributed by atoms with E-state index in [9.17, 15) is 9.59 Å². The van der Waals surface area contributed by atoms with Crippen LogP contribution in [0.1, 0.15) is 35.6 Å². The van der Waals surface area contributed by atoms with Gasteiger partial charge in [-0.05, 0) is 19.8 Å². The number of hydrogen-bond acceptors (Lipinski definition) is 2. The molecule has 2 aromatic carbocycles. The van der Waals surface area contributed by atoms with Crippen LogP contribution in [0.4, 0.5) is 4.79 Å². The quantitative estimate of drug-likeness (QED) is 0.749. The van der Waals surface area contributed by atoms with Crippen LogP contribution in [0.2, 0.25) is 0 Å². The minimum Gasteiger partial charge on any atom is -0.335 e. The molecule has 0 aliphatic heterocycles. The number of urea groups is 1. The van der Waals surface area contributed by atoms with E-state index in [0.717, 1.165) is 24.0 Å². The number of carbonyl (C=O) groups excluding carboxylic acids is 2. The Morgan fingerprint density at radius 2 is 1.68 bits per heavy atom. The summed E-state index contributed by atoms with van der Waals surface area (Å²) in [6.07, 6.45) is 1.99. The zero-order valence-corrected chi connectivity index (χ0v) is 14.4. The fraction of sp³-hybridized carbons (Fsp3) is 0.300. The third kappa shape index (κ3) is 5.16. The van der Waals surface area contributed by atoms with Gasteiger partial charge in [0.05, 0.1) is 0 Å². The van der Waals surface area contributed by atoms with Crippen molar-refractivity contribution in [2.45, 2.75) is 31.8 Å². The molecule has 0 saturated heterocycles. The minimum absolute atomic E-state index is 0.0130. The lowest BCUT2D eigenvalue weighted by Crippen LogP contribution is -2.88. The van der Waals surface area contributed by atoms with E-state index in [2.05, 4.69) is 54.0 Å². The molecule has 0 bridgehead atoms. The first-order valence-electron chi connectivity index (χ1n) is 8.67. The van der Waals surface area contributed by atoms with Gasteiger partial charge in [0, 0.05) is 17.2 Å². The molecule has 4 N–H and O–H groups in total. The highest BCUT2D eigenvalue weighted by molar-refractivity contribution is 5.94. The highest BCUT2D eigenvalue weighted by atomic mass is 16.2. The molecule has 130 valence electrons. The molecule has 5 nitrogen and oxygen atoms in total. The number of rotatable bonds is 6. The predicted octanol–water partition coefficient (Wildman–Crippen LogP) is 1.64. The normalized spacial score (nSPS) is 14.6. The smallest absolute Gasteiger partial charge is 0.321 e. The van der Waals surface area contributed by atoms with Gasteiger partial charge in [0.1, 0.15) is 6.04 Å². The summed E-state index contributed by atoms with van der Waals surface area (Å²) >= 11 is 0. The van der Waals surface area contributed by atoms with Gasteiger partial charge in [-0.25, -0.2) is 4.79 Å². The molecule has 2 aromatic rings. The van der Waals surface area contributed by atoms with Crippen molar-refractivity contribution < 1.29 is 14.9 Å². The topological polar surface area (TPSA) is 74.8 Å². The van der Waals surface area contributed by atoms with Gasteiger partial charge in [-0.3, -0.25) is 10.1 Å². The third-order valence-corrected chi connectivity index (χ3v) is 4.30. The number of aryl methyl sites for hydroxylation is 1. The second-order valence-electron chi connectivity index (χ2n) is 6.53. The number of hydrogen-bond donors (Lipinski definition) is 3. The van der Waals surface area contributed by atoms with Crippen LogP contribution < -0.4 is 16.0 Å². The van der Waals surface area contributed by atoms with Crippen LogP contribution in [0.5, 0.6) is 0 Å². The lowest BCUT2D eigenvalue weighted by Gasteiger charge is -2.16. The summed E-state index contributed by atoms with van der Waals surface area (Å²) in [5, 5.41) is 7.11. The molecule has 3 rings (SSSR count). The zero-order valence-electron chi connectivity index (χ0n) is 14.4. The van der Waals surface area contributed by atoms with Crippen molar-refractivity contribution in [2.24, 2.45) is 0 Å². The molecule has 0 heterocycles. The Hall–Kier alpha value is -2.66. The van der Waals surface area contributed by atoms with E-state index >= 15 is 0 Å². The maximum atomic E-state index is 12.1. The molecule has 0 radical (unpaired) electrons. The monoisotopic (exact) mass is 338 g/mol. The molecule has 0 unspecified atom stereocenters. The van der Waals surface area contributed by atoms with Crippen LogP contribution in [0.25, 0.3) is 0 Å². The zero-order chi connectivity index (χ0) is 17.6. The third-order valence-electron chi connectivity index (χ3n) is 4.30. The van der Waals surface area contributed by atoms with Crippen LogP contribution in [0, 0.1) is 6.92 Å². The van der Waals surface area contributed by atoms with Gasteiger partial charge in [-0.2, -0.15) is 0 Å². The van der Waals surface area contributed by atoms with E-state index in [1.165, 1.54) is 5.56 Å². The van der Waals surface area contributed by atoms with E-state index in [0.29, 0.717) is 0 Å². The molecular weight excluding hydrogens is 314 g/mol. The van der Waals surface area contributed by atoms with Gasteiger partial charge in [0.25, 0.3) is 5.91 Å². The predicted molar refractivity (Wildman–Crippen MR) is 96.0 cm³/mol. The molecule has 3 amide bonds. The molecule has 0 spiro atoms. The minimum atomic E-state index is -0.396. The van der Waals surface area contributed by atoms with E-state index in [-0.39, 0.29) is 24.5 Å². The van der Waals surface area contributed by atoms with Crippen LogP contribution in [-0.4, -0.2) is 24.5 Å². The average Bonchev–Trinajstić information content (AvgIpc) is 3.41. The summed E-state index contributed by atoms with van der Waals surface area (Å²) in [4.78, 5) is 23.7. The van der Waals surface area contributed by atoms with Crippen molar-refractivity contribution in [2.75, 3.05) is 6.54 Å². The van der Waals surface area contributed by atoms with E-state index in [1.54, 1.807) is 0 Å². The highest BCUT2D eigenvalue weighted by Gasteiger charge is 2.24. The molecule has 1 fully saturated rings. The summed E-state index contributed by atoms with van der Waals surface area (Å²) in [7, 11) is 0. The van der Waals surface area contributed by atoms with E-state index < -0.39 is 6.03 Å². The van der Waals surface area contributed by atoms with E-state index in [4.69, 9.17) is 0 Å². The number of amides is 3. The van der Waals surface area contributed by atoms with E-state index in [1.807, 2.05) is 23.5 Å². The lowest BCUT2D eigenvalue weighted by atomic mass is 9.98. The van der Waals surface area contributed by atoms with Gasteiger partial charge < -0.3 is 10.6 Å². The summed E-state index contributed by atoms with van der Waals surface area (Å²) in [6, 6.07) is 18.2. The van der Waals surface area contributed by atoms with Crippen molar-refractivity contribution >= 4 is 11.9 Å². The van der Waals surface area contributed by atoms with Crippen molar-refractivity contribution in [3.05, 3.63) is 71.3 Å². The summed E-state index contributed by atoms with van der Waals surface area (Å²) in [5.74, 6) is -0.286. The van der Waals surface area contributed by atoms with Crippen LogP contribution in [-0.2, 0) is 4.79 Å². The number of benzene rings is 2. The SMILES string of the molecule is Cc1ccc([C@H]([NH2+]CC(=O)NC(=O)NC2CC2)c2ccccc2)cc1. The van der Waals surface area contributed by atoms with Crippen molar-refractivity contribution in [1.29, 1.82) is 0 Å². The maximum absolute atomic E-state index is 12.1. The second kappa shape index (κ2) is 7.94. The average molecular weight is 338 g/mol. The fourth-order valence-corrected chi connectivity index (χ4v) is 2.75. The number of carbonyl (C=O) groups is 2. The van der Waals surface area contributed by atoms with Gasteiger partial charge in [-0.15, -0.1) is 0 Å². The summed E-state index contributed by atoms with van der Waals surface area (Å²) < 4.78 is 0. The van der Waals surface area contributed by atoms with Crippen LogP contribution >= 0.6 is 0 Å². The highest BCUT2D eigenvalue weighted by Crippen LogP contribution is 2.19. The number of nitrogens with two attached hydrogens (primary N) is 1. The Labute approximate surface area is 147 Å². The Bertz CT molecular complexity index is 724. The second-order valence-corrected chi connectivity index (χ2v) is 6.53. The standard InChI is InChI=1S/C20H23N3O2/c1-14-7-9-16(10-8-14)19(15-5-3-2-4-6-15)21-13-18(24)23-20(25)22-17-11-12-17/h2-10,17,19,21H,11-13H2,1H3,(H2,22,23,24,25)/p+1/t19-/m1/s1. The molecule has 1 saturated carbocycles. The molecule has 5 heteroatoms. The number of quaternary nitrogens is 1. The summed E-state index contributed by atoms with van der Waals surface area (Å²) in [5.41, 5.74) is 3.46. The first-order chi connectivity index (χ1) is 12.1. The van der Waals surface area contributed by atoms with Gasteiger partial charge in [-0.1, -0.05) is 60.2 Å². The summed E-state index contributed by atoms with van der Waals surface area (Å²) in [6.45, 7) is 2.24. The number of imide groups is 1. The Kier molecular flexibility index (Phi) is 5.46. The number of nitrogens with one attached hydrogen (secondary N) is 2. The first-order valence-corrected chi connectivity index (χ1v) is 8.67. The van der Waals surface area contributed by atoms with Crippen molar-refractivity contribution in [3.63, 3.8) is 0 Å². The van der Waals surface area contributed by atoms with Crippen LogP contribution in [0.3, 0.4) is 0 Å². The molecule has 1 aliphatic rings. The molecule has 25 heavy (non-hydrogen) atoms.